The molecule has 1 unspecified atom stereocenters. The number of thiol groups is 1. The average molecular weight is 220 g/mol. The summed E-state index contributed by atoms with van der Waals surface area (Å²) < 4.78 is 0. The Morgan fingerprint density at radius 3 is 2.07 bits per heavy atom. The SMILES string of the molecule is C#C[Si](C)(C)c1ccc([SH](#C)C)cc1. The quantitative estimate of drug-likeness (QED) is 0.419. The molecule has 1 aromatic rings. The summed E-state index contributed by atoms with van der Waals surface area (Å²) >= 11 is 0. The van der Waals surface area contributed by atoms with E-state index in [1.165, 1.54) is 10.1 Å². The first-order chi connectivity index (χ1) is 6.47. The molecule has 0 bridgehead atoms. The molecule has 0 amide bonds. The highest BCUT2D eigenvalue weighted by Crippen LogP contribution is 2.17. The Bertz CT molecular complexity index is 426. The highest BCUT2D eigenvalue weighted by Gasteiger charge is 2.19. The van der Waals surface area contributed by atoms with E-state index in [0.29, 0.717) is 0 Å². The van der Waals surface area contributed by atoms with Crippen LogP contribution >= 0.6 is 10.3 Å². The van der Waals surface area contributed by atoms with Crippen molar-refractivity contribution < 1.29 is 0 Å². The lowest BCUT2D eigenvalue weighted by molar-refractivity contribution is 1.48. The van der Waals surface area contributed by atoms with Gasteiger partial charge in [0.2, 0.25) is 0 Å². The van der Waals surface area contributed by atoms with Crippen molar-refractivity contribution in [3.63, 3.8) is 0 Å². The summed E-state index contributed by atoms with van der Waals surface area (Å²) in [6.45, 7) is 4.36. The van der Waals surface area contributed by atoms with Gasteiger partial charge in [-0.3, -0.25) is 0 Å². The molecule has 1 rings (SSSR count). The maximum Gasteiger partial charge on any atom is 0.162 e. The van der Waals surface area contributed by atoms with Crippen LogP contribution in [0.2, 0.25) is 13.1 Å². The molecular formula is C12H16SSi. The molecular weight excluding hydrogens is 204 g/mol. The second-order valence-corrected chi connectivity index (χ2v) is 9.78. The van der Waals surface area contributed by atoms with E-state index < -0.39 is 18.4 Å². The molecule has 0 aliphatic carbocycles. The largest absolute Gasteiger partial charge is 0.180 e. The van der Waals surface area contributed by atoms with E-state index in [2.05, 4.69) is 42.9 Å². The summed E-state index contributed by atoms with van der Waals surface area (Å²) in [5, 5.41) is 1.31. The lowest BCUT2D eigenvalue weighted by Gasteiger charge is -2.15. The van der Waals surface area contributed by atoms with Crippen LogP contribution in [0, 0.1) is 17.7 Å². The van der Waals surface area contributed by atoms with Crippen LogP contribution in [0.15, 0.2) is 29.2 Å². The predicted molar refractivity (Wildman–Crippen MR) is 70.5 cm³/mol. The molecule has 74 valence electrons. The second-order valence-electron chi connectivity index (χ2n) is 3.93. The van der Waals surface area contributed by atoms with Crippen LogP contribution in [0.1, 0.15) is 0 Å². The van der Waals surface area contributed by atoms with Gasteiger partial charge in [0.15, 0.2) is 8.07 Å². The Balaban J connectivity index is 3.09. The minimum atomic E-state index is -1.62. The lowest BCUT2D eigenvalue weighted by Crippen LogP contribution is -2.39. The Morgan fingerprint density at radius 2 is 1.71 bits per heavy atom. The molecule has 1 aromatic carbocycles. The van der Waals surface area contributed by atoms with E-state index in [1.807, 2.05) is 6.26 Å². The number of hydrogen-bond acceptors (Lipinski definition) is 0. The molecule has 0 heterocycles. The molecule has 0 radical (unpaired) electrons. The summed E-state index contributed by atoms with van der Waals surface area (Å²) in [6, 6.07) is 8.47. The van der Waals surface area contributed by atoms with Crippen molar-refractivity contribution in [2.75, 3.05) is 6.26 Å². The standard InChI is InChI=1S/C12H16SSi/c1-6-14(4,5)12-9-7-11(8-10-12)13(2)3/h1-2,7-10,13H,3-5H3. The number of terminal acetylenes is 1. The third-order valence-electron chi connectivity index (χ3n) is 2.36. The molecule has 0 aromatic heterocycles. The highest BCUT2D eigenvalue weighted by atomic mass is 32.2. The molecule has 0 N–H and O–H groups in total. The summed E-state index contributed by atoms with van der Waals surface area (Å²) in [4.78, 5) is 1.23. The third kappa shape index (κ3) is 2.33. The van der Waals surface area contributed by atoms with Crippen molar-refractivity contribution in [3.05, 3.63) is 24.3 Å². The van der Waals surface area contributed by atoms with Gasteiger partial charge in [-0.15, -0.1) is 17.7 Å². The van der Waals surface area contributed by atoms with Crippen molar-refractivity contribution in [2.45, 2.75) is 18.0 Å². The summed E-state index contributed by atoms with van der Waals surface area (Å²) in [5.41, 5.74) is 8.76. The van der Waals surface area contributed by atoms with Gasteiger partial charge in [-0.1, -0.05) is 25.2 Å². The Kier molecular flexibility index (Phi) is 3.28. The normalized spacial score (nSPS) is 13.2. The zero-order valence-corrected chi connectivity index (χ0v) is 10.8. The van der Waals surface area contributed by atoms with Crippen LogP contribution in [0.3, 0.4) is 0 Å². The van der Waals surface area contributed by atoms with Crippen molar-refractivity contribution >= 4 is 23.6 Å². The molecule has 0 nitrogen and oxygen atoms in total. The summed E-state index contributed by atoms with van der Waals surface area (Å²) in [6.07, 6.45) is 7.58. The Morgan fingerprint density at radius 1 is 1.21 bits per heavy atom. The van der Waals surface area contributed by atoms with Crippen LogP contribution in [0.4, 0.5) is 0 Å². The minimum absolute atomic E-state index is 0.484. The molecule has 0 aliphatic heterocycles. The first kappa shape index (κ1) is 11.2. The second kappa shape index (κ2) is 4.10. The van der Waals surface area contributed by atoms with Gasteiger partial charge in [-0.05, 0) is 28.5 Å². The van der Waals surface area contributed by atoms with E-state index in [9.17, 15) is 0 Å². The van der Waals surface area contributed by atoms with Crippen LogP contribution in [-0.4, -0.2) is 14.3 Å². The molecule has 0 saturated heterocycles. The van der Waals surface area contributed by atoms with Crippen molar-refractivity contribution in [3.8, 4) is 17.7 Å². The smallest absolute Gasteiger partial charge is 0.162 e. The Labute approximate surface area is 89.9 Å². The fourth-order valence-corrected chi connectivity index (χ4v) is 2.98. The average Bonchev–Trinajstić information content (AvgIpc) is 2.18. The van der Waals surface area contributed by atoms with E-state index in [0.717, 1.165) is 0 Å². The van der Waals surface area contributed by atoms with Gasteiger partial charge < -0.3 is 0 Å². The summed E-state index contributed by atoms with van der Waals surface area (Å²) in [5.74, 6) is 0. The van der Waals surface area contributed by atoms with Crippen LogP contribution in [-0.2, 0) is 0 Å². The zero-order valence-electron chi connectivity index (χ0n) is 8.91. The molecule has 0 spiro atoms. The van der Waals surface area contributed by atoms with E-state index in [-0.39, 0.29) is 0 Å². The van der Waals surface area contributed by atoms with Gasteiger partial charge in [0.05, 0.1) is 0 Å². The topological polar surface area (TPSA) is 0 Å². The molecule has 0 saturated carbocycles. The number of hydrogen-bond donors (Lipinski definition) is 1. The maximum absolute atomic E-state index is 5.84. The molecule has 2 heteroatoms. The fourth-order valence-electron chi connectivity index (χ4n) is 1.20. The van der Waals surface area contributed by atoms with Gasteiger partial charge in [0.1, 0.15) is 0 Å². The fraction of sp³-hybridized carbons (Fsp3) is 0.250. The van der Waals surface area contributed by atoms with Crippen LogP contribution in [0.25, 0.3) is 0 Å². The van der Waals surface area contributed by atoms with E-state index >= 15 is 0 Å². The molecule has 1 atom stereocenters. The van der Waals surface area contributed by atoms with Crippen molar-refractivity contribution in [1.29, 1.82) is 0 Å². The monoisotopic (exact) mass is 220 g/mol. The lowest BCUT2D eigenvalue weighted by atomic mass is 10.4. The van der Waals surface area contributed by atoms with E-state index in [1.54, 1.807) is 0 Å². The highest BCUT2D eigenvalue weighted by molar-refractivity contribution is 8.06. The maximum atomic E-state index is 5.84. The van der Waals surface area contributed by atoms with Gasteiger partial charge in [-0.25, -0.2) is 0 Å². The molecule has 0 fully saturated rings. The van der Waals surface area contributed by atoms with Crippen molar-refractivity contribution in [2.24, 2.45) is 0 Å². The van der Waals surface area contributed by atoms with Crippen LogP contribution < -0.4 is 5.19 Å². The summed E-state index contributed by atoms with van der Waals surface area (Å²) in [7, 11) is -2.10. The first-order valence-corrected chi connectivity index (χ1v) is 9.40. The Hall–Kier alpha value is -0.873. The van der Waals surface area contributed by atoms with Gasteiger partial charge >= 0.3 is 0 Å². The third-order valence-corrected chi connectivity index (χ3v) is 5.97. The first-order valence-electron chi connectivity index (χ1n) is 4.54. The zero-order chi connectivity index (χ0) is 10.8. The number of rotatable bonds is 1. The molecule has 14 heavy (non-hydrogen) atoms. The van der Waals surface area contributed by atoms with E-state index in [4.69, 9.17) is 12.1 Å². The van der Waals surface area contributed by atoms with Gasteiger partial charge in [-0.2, -0.15) is 10.3 Å². The van der Waals surface area contributed by atoms with Crippen LogP contribution in [0.5, 0.6) is 0 Å². The van der Waals surface area contributed by atoms with Crippen molar-refractivity contribution in [1.82, 2.24) is 0 Å². The predicted octanol–water partition coefficient (Wildman–Crippen LogP) is 2.35. The molecule has 0 aliphatic rings. The number of benzene rings is 1. The minimum Gasteiger partial charge on any atom is -0.180 e. The van der Waals surface area contributed by atoms with Gasteiger partial charge in [0.25, 0.3) is 0 Å². The van der Waals surface area contributed by atoms with Gasteiger partial charge in [0, 0.05) is 0 Å².